The van der Waals surface area contributed by atoms with Gasteiger partial charge in [0.15, 0.2) is 0 Å². The van der Waals surface area contributed by atoms with E-state index in [9.17, 15) is 4.79 Å². The molecular formula is C4H9BrNNaO. The summed E-state index contributed by atoms with van der Waals surface area (Å²) >= 11 is 0. The van der Waals surface area contributed by atoms with Gasteiger partial charge < -0.3 is 21.9 Å². The first-order valence-electron chi connectivity index (χ1n) is 1.82. The van der Waals surface area contributed by atoms with Crippen molar-refractivity contribution in [3.05, 3.63) is 0 Å². The first kappa shape index (κ1) is 16.0. The molecule has 0 aliphatic carbocycles. The third-order valence-electron chi connectivity index (χ3n) is 0.630. The number of carbonyl (C=O) groups is 1. The molecule has 0 heterocycles. The topological polar surface area (TPSA) is 20.3 Å². The van der Waals surface area contributed by atoms with Crippen LogP contribution in [0.15, 0.2) is 0 Å². The zero-order valence-electron chi connectivity index (χ0n) is 5.73. The predicted molar refractivity (Wildman–Crippen MR) is 24.4 cm³/mol. The molecule has 0 aromatic heterocycles. The van der Waals surface area contributed by atoms with Gasteiger partial charge in [0.2, 0.25) is 5.91 Å². The van der Waals surface area contributed by atoms with Gasteiger partial charge in [0.1, 0.15) is 0 Å². The molecule has 0 aromatic carbocycles. The van der Waals surface area contributed by atoms with Crippen molar-refractivity contribution < 1.29 is 51.3 Å². The summed E-state index contributed by atoms with van der Waals surface area (Å²) in [6.07, 6.45) is 0. The van der Waals surface area contributed by atoms with E-state index in [0.717, 1.165) is 0 Å². The first-order chi connectivity index (χ1) is 2.64. The molecule has 44 valence electrons. The van der Waals surface area contributed by atoms with Crippen LogP contribution in [0.25, 0.3) is 0 Å². The molecule has 0 aliphatic heterocycles. The summed E-state index contributed by atoms with van der Waals surface area (Å²) < 4.78 is 0. The Morgan fingerprint density at radius 1 is 1.38 bits per heavy atom. The van der Waals surface area contributed by atoms with Crippen LogP contribution in [0.1, 0.15) is 6.92 Å². The van der Waals surface area contributed by atoms with Gasteiger partial charge in [-0.1, -0.05) is 0 Å². The Kier molecular flexibility index (Phi) is 15.9. The molecule has 0 aliphatic rings. The van der Waals surface area contributed by atoms with Gasteiger partial charge in [-0.3, -0.25) is 4.79 Å². The quantitative estimate of drug-likeness (QED) is 0.348. The normalized spacial score (nSPS) is 5.88. The number of hydrogen-bond acceptors (Lipinski definition) is 1. The minimum atomic E-state index is 0. The Hall–Kier alpha value is 0.950. The van der Waals surface area contributed by atoms with Crippen molar-refractivity contribution in [3.63, 3.8) is 0 Å². The third-order valence-corrected chi connectivity index (χ3v) is 0.630. The number of nitrogens with zero attached hydrogens (tertiary/aromatic N) is 1. The molecule has 0 fully saturated rings. The van der Waals surface area contributed by atoms with Gasteiger partial charge in [-0.25, -0.2) is 0 Å². The summed E-state index contributed by atoms with van der Waals surface area (Å²) in [5, 5.41) is 0. The SMILES string of the molecule is CC(=O)N(C)C.[Br-].[Na+]. The molecule has 1 amide bonds. The molecule has 0 aromatic rings. The van der Waals surface area contributed by atoms with E-state index < -0.39 is 0 Å². The van der Waals surface area contributed by atoms with E-state index in [4.69, 9.17) is 0 Å². The summed E-state index contributed by atoms with van der Waals surface area (Å²) in [6, 6.07) is 0. The largest absolute Gasteiger partial charge is 1.00 e. The van der Waals surface area contributed by atoms with Gasteiger partial charge >= 0.3 is 29.6 Å². The Morgan fingerprint density at radius 2 is 1.50 bits per heavy atom. The summed E-state index contributed by atoms with van der Waals surface area (Å²) in [5.41, 5.74) is 0. The van der Waals surface area contributed by atoms with Crippen LogP contribution >= 0.6 is 0 Å². The van der Waals surface area contributed by atoms with Crippen LogP contribution in [0.2, 0.25) is 0 Å². The van der Waals surface area contributed by atoms with Crippen molar-refractivity contribution in [2.24, 2.45) is 0 Å². The van der Waals surface area contributed by atoms with E-state index in [0.29, 0.717) is 0 Å². The molecule has 2 nitrogen and oxygen atoms in total. The van der Waals surface area contributed by atoms with Gasteiger partial charge in [-0.15, -0.1) is 0 Å². The van der Waals surface area contributed by atoms with E-state index in [2.05, 4.69) is 0 Å². The van der Waals surface area contributed by atoms with E-state index in [-0.39, 0.29) is 52.4 Å². The zero-order valence-corrected chi connectivity index (χ0v) is 9.32. The fourth-order valence-electron chi connectivity index (χ4n) is 0. The maximum absolute atomic E-state index is 10.1. The number of amides is 1. The summed E-state index contributed by atoms with van der Waals surface area (Å²) in [6.45, 7) is 1.53. The molecule has 8 heavy (non-hydrogen) atoms. The molecule has 0 saturated carbocycles. The van der Waals surface area contributed by atoms with Gasteiger partial charge in [0, 0.05) is 21.0 Å². The number of carbonyl (C=O) groups excluding carboxylic acids is 1. The molecule has 0 rings (SSSR count). The monoisotopic (exact) mass is 189 g/mol. The second-order valence-corrected chi connectivity index (χ2v) is 1.41. The fraction of sp³-hybridized carbons (Fsp3) is 0.750. The summed E-state index contributed by atoms with van der Waals surface area (Å²) in [4.78, 5) is 11.6. The van der Waals surface area contributed by atoms with Crippen molar-refractivity contribution in [3.8, 4) is 0 Å². The maximum Gasteiger partial charge on any atom is 1.00 e. The summed E-state index contributed by atoms with van der Waals surface area (Å²) in [5.74, 6) is 0.0926. The molecule has 0 atom stereocenters. The third kappa shape index (κ3) is 10.0. The average Bonchev–Trinajstić information content (AvgIpc) is 1.36. The standard InChI is InChI=1S/C4H9NO.BrH.Na/c1-4(6)5(2)3;;/h1-3H3;1H;/q;;+1/p-1. The second kappa shape index (κ2) is 7.95. The van der Waals surface area contributed by atoms with Crippen LogP contribution in [0, 0.1) is 0 Å². The smallest absolute Gasteiger partial charge is 1.00 e. The van der Waals surface area contributed by atoms with Gasteiger partial charge in [-0.05, 0) is 0 Å². The van der Waals surface area contributed by atoms with Crippen LogP contribution < -0.4 is 46.5 Å². The van der Waals surface area contributed by atoms with Crippen molar-refractivity contribution >= 4 is 5.91 Å². The fourth-order valence-corrected chi connectivity index (χ4v) is 0. The van der Waals surface area contributed by atoms with Gasteiger partial charge in [-0.2, -0.15) is 0 Å². The van der Waals surface area contributed by atoms with Crippen LogP contribution in [0.3, 0.4) is 0 Å². The second-order valence-electron chi connectivity index (χ2n) is 1.41. The maximum atomic E-state index is 10.1. The Bertz CT molecular complexity index is 67.1. The Morgan fingerprint density at radius 3 is 1.50 bits per heavy atom. The molecule has 0 N–H and O–H groups in total. The van der Waals surface area contributed by atoms with E-state index >= 15 is 0 Å². The molecular weight excluding hydrogens is 181 g/mol. The van der Waals surface area contributed by atoms with E-state index in [1.165, 1.54) is 11.8 Å². The number of rotatable bonds is 0. The molecule has 0 saturated heterocycles. The Balaban J connectivity index is -0.000000125. The van der Waals surface area contributed by atoms with E-state index in [1.54, 1.807) is 14.1 Å². The van der Waals surface area contributed by atoms with Crippen LogP contribution in [0.4, 0.5) is 0 Å². The molecule has 0 spiro atoms. The first-order valence-corrected chi connectivity index (χ1v) is 1.82. The van der Waals surface area contributed by atoms with Crippen LogP contribution in [-0.4, -0.2) is 24.9 Å². The zero-order chi connectivity index (χ0) is 5.15. The molecule has 0 unspecified atom stereocenters. The van der Waals surface area contributed by atoms with E-state index in [1.807, 2.05) is 0 Å². The molecule has 0 radical (unpaired) electrons. The minimum absolute atomic E-state index is 0. The van der Waals surface area contributed by atoms with Crippen molar-refractivity contribution in [1.29, 1.82) is 0 Å². The van der Waals surface area contributed by atoms with Crippen molar-refractivity contribution in [2.45, 2.75) is 6.92 Å². The van der Waals surface area contributed by atoms with Gasteiger partial charge in [0.05, 0.1) is 0 Å². The number of hydrogen-bond donors (Lipinski definition) is 0. The van der Waals surface area contributed by atoms with Crippen molar-refractivity contribution in [2.75, 3.05) is 14.1 Å². The van der Waals surface area contributed by atoms with Crippen molar-refractivity contribution in [1.82, 2.24) is 4.90 Å². The minimum Gasteiger partial charge on any atom is -1.00 e. The number of halogens is 1. The van der Waals surface area contributed by atoms with Gasteiger partial charge in [0.25, 0.3) is 0 Å². The average molecular weight is 190 g/mol. The molecule has 0 bridgehead atoms. The van der Waals surface area contributed by atoms with Crippen LogP contribution in [0.5, 0.6) is 0 Å². The molecule has 4 heteroatoms. The summed E-state index contributed by atoms with van der Waals surface area (Å²) in [7, 11) is 3.45. The predicted octanol–water partition coefficient (Wildman–Crippen LogP) is -5.90. The van der Waals surface area contributed by atoms with Crippen LogP contribution in [-0.2, 0) is 4.79 Å². The Labute approximate surface area is 82.7 Å².